The summed E-state index contributed by atoms with van der Waals surface area (Å²) in [6, 6.07) is 6.77. The van der Waals surface area contributed by atoms with E-state index < -0.39 is 0 Å². The maximum atomic E-state index is 12.3. The van der Waals surface area contributed by atoms with Crippen LogP contribution in [0, 0.1) is 0 Å². The summed E-state index contributed by atoms with van der Waals surface area (Å²) in [7, 11) is 0. The van der Waals surface area contributed by atoms with E-state index in [0.29, 0.717) is 21.6 Å². The molecule has 0 spiro atoms. The number of esters is 1. The third kappa shape index (κ3) is 4.61. The lowest BCUT2D eigenvalue weighted by atomic mass is 10.2. The van der Waals surface area contributed by atoms with Gasteiger partial charge in [-0.25, -0.2) is 4.68 Å². The molecule has 0 bridgehead atoms. The van der Waals surface area contributed by atoms with E-state index in [1.165, 1.54) is 34.1 Å². The zero-order valence-electron chi connectivity index (χ0n) is 13.5. The van der Waals surface area contributed by atoms with Crippen molar-refractivity contribution < 1.29 is 14.3 Å². The van der Waals surface area contributed by atoms with Gasteiger partial charge in [-0.2, -0.15) is 0 Å². The number of nitrogens with zero attached hydrogens (tertiary/aromatic N) is 6. The monoisotopic (exact) mass is 391 g/mol. The smallest absolute Gasteiger partial charge is 0.316 e. The van der Waals surface area contributed by atoms with E-state index in [1.54, 1.807) is 31.2 Å². The summed E-state index contributed by atoms with van der Waals surface area (Å²) in [5, 5.41) is 21.7. The van der Waals surface area contributed by atoms with Gasteiger partial charge >= 0.3 is 5.97 Å². The summed E-state index contributed by atoms with van der Waals surface area (Å²) >= 11 is 2.40. The minimum atomic E-state index is -0.319. The van der Waals surface area contributed by atoms with Gasteiger partial charge in [-0.3, -0.25) is 14.9 Å². The molecule has 2 aromatic heterocycles. The molecule has 26 heavy (non-hydrogen) atoms. The zero-order valence-corrected chi connectivity index (χ0v) is 15.2. The summed E-state index contributed by atoms with van der Waals surface area (Å²) in [4.78, 5) is 23.6. The first-order valence-corrected chi connectivity index (χ1v) is 9.22. The summed E-state index contributed by atoms with van der Waals surface area (Å²) in [5.41, 5.74) is 1.19. The number of aromatic nitrogens is 6. The van der Waals surface area contributed by atoms with Gasteiger partial charge in [0.2, 0.25) is 5.13 Å². The minimum Gasteiger partial charge on any atom is -0.465 e. The standard InChI is InChI=1S/C14H13N7O3S2/c1-2-24-11(22)7-25-14-18-17-13(26-14)16-12(23)9-3-5-10(6-4-9)21-8-15-19-20-21/h3-6,8H,2,7H2,1H3,(H,16,17,23). The number of tetrazole rings is 1. The van der Waals surface area contributed by atoms with Gasteiger partial charge in [-0.05, 0) is 41.6 Å². The Morgan fingerprint density at radius 3 is 2.77 bits per heavy atom. The molecule has 0 aliphatic carbocycles. The van der Waals surface area contributed by atoms with Crippen molar-refractivity contribution in [2.24, 2.45) is 0 Å². The van der Waals surface area contributed by atoms with Crippen LogP contribution in [0.5, 0.6) is 0 Å². The molecule has 0 aliphatic heterocycles. The van der Waals surface area contributed by atoms with E-state index in [9.17, 15) is 9.59 Å². The Hall–Kier alpha value is -2.86. The number of hydrogen-bond acceptors (Lipinski definition) is 10. The lowest BCUT2D eigenvalue weighted by Crippen LogP contribution is -2.11. The quantitative estimate of drug-likeness (QED) is 0.361. The molecule has 1 N–H and O–H groups in total. The Morgan fingerprint density at radius 1 is 1.27 bits per heavy atom. The molecule has 0 atom stereocenters. The zero-order chi connectivity index (χ0) is 18.4. The molecule has 0 saturated carbocycles. The molecule has 1 aromatic carbocycles. The third-order valence-electron chi connectivity index (χ3n) is 2.99. The summed E-state index contributed by atoms with van der Waals surface area (Å²) < 4.78 is 6.90. The van der Waals surface area contributed by atoms with Crippen molar-refractivity contribution in [1.82, 2.24) is 30.4 Å². The Labute approximate surface area is 156 Å². The minimum absolute atomic E-state index is 0.148. The van der Waals surface area contributed by atoms with Crippen molar-refractivity contribution >= 4 is 40.1 Å². The maximum Gasteiger partial charge on any atom is 0.316 e. The van der Waals surface area contributed by atoms with Crippen LogP contribution < -0.4 is 5.32 Å². The number of hydrogen-bond donors (Lipinski definition) is 1. The van der Waals surface area contributed by atoms with Gasteiger partial charge in [0, 0.05) is 5.56 Å². The Kier molecular flexibility index (Phi) is 5.86. The summed E-state index contributed by atoms with van der Waals surface area (Å²) in [6.45, 7) is 2.08. The SMILES string of the molecule is CCOC(=O)CSc1nnc(NC(=O)c2ccc(-n3cnnn3)cc2)s1. The molecule has 12 heteroatoms. The molecule has 0 unspecified atom stereocenters. The molecule has 1 amide bonds. The van der Waals surface area contributed by atoms with Crippen LogP contribution in [0.3, 0.4) is 0 Å². The third-order valence-corrected chi connectivity index (χ3v) is 4.93. The second-order valence-electron chi connectivity index (χ2n) is 4.72. The van der Waals surface area contributed by atoms with Crippen molar-refractivity contribution in [3.8, 4) is 5.69 Å². The number of carbonyl (C=O) groups is 2. The van der Waals surface area contributed by atoms with Crippen molar-refractivity contribution in [2.75, 3.05) is 17.7 Å². The number of thioether (sulfide) groups is 1. The van der Waals surface area contributed by atoms with Gasteiger partial charge in [0.05, 0.1) is 18.0 Å². The molecule has 2 heterocycles. The van der Waals surface area contributed by atoms with Gasteiger partial charge in [-0.15, -0.1) is 15.3 Å². The normalized spacial score (nSPS) is 10.5. The fraction of sp³-hybridized carbons (Fsp3) is 0.214. The molecule has 3 rings (SSSR count). The second kappa shape index (κ2) is 8.49. The van der Waals surface area contributed by atoms with Crippen LogP contribution >= 0.6 is 23.1 Å². The summed E-state index contributed by atoms with van der Waals surface area (Å²) in [6.07, 6.45) is 1.46. The fourth-order valence-corrected chi connectivity index (χ4v) is 3.40. The van der Waals surface area contributed by atoms with Crippen molar-refractivity contribution in [3.63, 3.8) is 0 Å². The number of anilines is 1. The van der Waals surface area contributed by atoms with Crippen molar-refractivity contribution in [2.45, 2.75) is 11.3 Å². The topological polar surface area (TPSA) is 125 Å². The average molecular weight is 391 g/mol. The van der Waals surface area contributed by atoms with Crippen LogP contribution in [0.1, 0.15) is 17.3 Å². The molecular weight excluding hydrogens is 378 g/mol. The average Bonchev–Trinajstić information content (AvgIpc) is 3.32. The van der Waals surface area contributed by atoms with Crippen LogP contribution in [0.2, 0.25) is 0 Å². The first-order valence-electron chi connectivity index (χ1n) is 7.42. The Morgan fingerprint density at radius 2 is 2.08 bits per heavy atom. The molecular formula is C14H13N7O3S2. The van der Waals surface area contributed by atoms with Gasteiger partial charge in [0.25, 0.3) is 5.91 Å². The lowest BCUT2D eigenvalue weighted by molar-refractivity contribution is -0.139. The molecule has 0 aliphatic rings. The fourth-order valence-electron chi connectivity index (χ4n) is 1.86. The molecule has 0 saturated heterocycles. The highest BCUT2D eigenvalue weighted by atomic mass is 32.2. The van der Waals surface area contributed by atoms with Crippen LogP contribution in [0.4, 0.5) is 5.13 Å². The largest absolute Gasteiger partial charge is 0.465 e. The lowest BCUT2D eigenvalue weighted by Gasteiger charge is -2.03. The number of rotatable bonds is 7. The first kappa shape index (κ1) is 17.9. The van der Waals surface area contributed by atoms with Gasteiger partial charge in [0.15, 0.2) is 4.34 Å². The van der Waals surface area contributed by atoms with E-state index in [1.807, 2.05) is 0 Å². The van der Waals surface area contributed by atoms with Crippen LogP contribution in [0.25, 0.3) is 5.69 Å². The second-order valence-corrected chi connectivity index (χ2v) is 6.92. The van der Waals surface area contributed by atoms with Crippen molar-refractivity contribution in [1.29, 1.82) is 0 Å². The highest BCUT2D eigenvalue weighted by Gasteiger charge is 2.12. The van der Waals surface area contributed by atoms with Crippen LogP contribution in [-0.4, -0.2) is 54.6 Å². The Balaban J connectivity index is 1.57. The van der Waals surface area contributed by atoms with E-state index in [0.717, 1.165) is 5.69 Å². The highest BCUT2D eigenvalue weighted by Crippen LogP contribution is 2.25. The predicted octanol–water partition coefficient (Wildman–Crippen LogP) is 1.42. The first-order chi connectivity index (χ1) is 12.7. The molecule has 3 aromatic rings. The van der Waals surface area contributed by atoms with E-state index in [4.69, 9.17) is 4.74 Å². The number of benzene rings is 1. The Bertz CT molecular complexity index is 880. The highest BCUT2D eigenvalue weighted by molar-refractivity contribution is 8.01. The number of amides is 1. The number of ether oxygens (including phenoxy) is 1. The molecule has 0 fully saturated rings. The van der Waals surface area contributed by atoms with Gasteiger partial charge in [0.1, 0.15) is 6.33 Å². The van der Waals surface area contributed by atoms with E-state index >= 15 is 0 Å². The maximum absolute atomic E-state index is 12.3. The summed E-state index contributed by atoms with van der Waals surface area (Å²) in [5.74, 6) is -0.484. The molecule has 134 valence electrons. The van der Waals surface area contributed by atoms with E-state index in [-0.39, 0.29) is 17.6 Å². The van der Waals surface area contributed by atoms with E-state index in [2.05, 4.69) is 31.0 Å². The number of carbonyl (C=O) groups excluding carboxylic acids is 2. The van der Waals surface area contributed by atoms with Gasteiger partial charge < -0.3 is 4.74 Å². The number of nitrogens with one attached hydrogen (secondary N) is 1. The molecule has 0 radical (unpaired) electrons. The predicted molar refractivity (Wildman–Crippen MR) is 94.4 cm³/mol. The van der Waals surface area contributed by atoms with Gasteiger partial charge in [-0.1, -0.05) is 23.1 Å². The van der Waals surface area contributed by atoms with Crippen LogP contribution in [-0.2, 0) is 9.53 Å². The van der Waals surface area contributed by atoms with Crippen molar-refractivity contribution in [3.05, 3.63) is 36.2 Å². The molecule has 10 nitrogen and oxygen atoms in total. The van der Waals surface area contributed by atoms with Crippen LogP contribution in [0.15, 0.2) is 34.9 Å².